The van der Waals surface area contributed by atoms with Gasteiger partial charge in [0.25, 0.3) is 0 Å². The van der Waals surface area contributed by atoms with Crippen molar-refractivity contribution in [3.63, 3.8) is 0 Å². The van der Waals surface area contributed by atoms with Crippen molar-refractivity contribution in [1.82, 2.24) is 4.90 Å². The molecule has 0 radical (unpaired) electrons. The Kier molecular flexibility index (Phi) is 6.89. The lowest BCUT2D eigenvalue weighted by Crippen LogP contribution is -2.49. The predicted molar refractivity (Wildman–Crippen MR) is 135 cm³/mol. The summed E-state index contributed by atoms with van der Waals surface area (Å²) in [6.45, 7) is 12.7. The zero-order valence-electron chi connectivity index (χ0n) is 20.4. The third-order valence-corrected chi connectivity index (χ3v) is 7.91. The number of carbonyl (C=O) groups excluding carboxylic acids is 1. The summed E-state index contributed by atoms with van der Waals surface area (Å²) in [6, 6.07) is 15.2. The molecule has 0 saturated carbocycles. The SMILES string of the molecule is C[C@@H]1CC(C(=O)[C@H]2CN(C(C)(C)C)C[C@@H]2c2ccc(Cl)cc2)C[C@H](C)N1c1ccc(F)cc1. The summed E-state index contributed by atoms with van der Waals surface area (Å²) in [7, 11) is 0. The third-order valence-electron chi connectivity index (χ3n) is 7.66. The molecule has 0 aliphatic carbocycles. The Morgan fingerprint density at radius 3 is 2.06 bits per heavy atom. The van der Waals surface area contributed by atoms with E-state index in [4.69, 9.17) is 11.6 Å². The molecule has 178 valence electrons. The van der Waals surface area contributed by atoms with Gasteiger partial charge < -0.3 is 4.90 Å². The van der Waals surface area contributed by atoms with E-state index in [-0.39, 0.29) is 41.2 Å². The van der Waals surface area contributed by atoms with E-state index in [1.54, 1.807) is 0 Å². The Balaban J connectivity index is 1.55. The molecule has 1 unspecified atom stereocenters. The zero-order valence-corrected chi connectivity index (χ0v) is 21.1. The standard InChI is InChI=1S/C28H36ClFN2O/c1-18-14-21(15-19(2)32(18)24-12-10-23(30)11-13-24)27(33)26-17-31(28(3,4)5)16-25(26)20-6-8-22(29)9-7-20/h6-13,18-19,21,25-26H,14-17H2,1-5H3/t18-,19+,21?,25-,26+/m1/s1. The van der Waals surface area contributed by atoms with Crippen molar-refractivity contribution >= 4 is 23.1 Å². The number of Topliss-reactive ketones (excluding diaryl/α,β-unsaturated/α-hetero) is 1. The van der Waals surface area contributed by atoms with Crippen LogP contribution in [0.1, 0.15) is 58.9 Å². The van der Waals surface area contributed by atoms with Crippen LogP contribution in [0.4, 0.5) is 10.1 Å². The summed E-state index contributed by atoms with van der Waals surface area (Å²) in [5.74, 6) is 0.412. The van der Waals surface area contributed by atoms with Gasteiger partial charge in [-0.25, -0.2) is 4.39 Å². The van der Waals surface area contributed by atoms with Crippen LogP contribution in [-0.4, -0.2) is 41.4 Å². The van der Waals surface area contributed by atoms with Crippen LogP contribution in [0.2, 0.25) is 5.02 Å². The highest BCUT2D eigenvalue weighted by Crippen LogP contribution is 2.41. The third kappa shape index (κ3) is 5.12. The summed E-state index contributed by atoms with van der Waals surface area (Å²) < 4.78 is 13.4. The highest BCUT2D eigenvalue weighted by molar-refractivity contribution is 6.30. The quantitative estimate of drug-likeness (QED) is 0.505. The monoisotopic (exact) mass is 470 g/mol. The van der Waals surface area contributed by atoms with E-state index in [9.17, 15) is 9.18 Å². The van der Waals surface area contributed by atoms with E-state index in [0.29, 0.717) is 5.78 Å². The highest BCUT2D eigenvalue weighted by Gasteiger charge is 2.45. The van der Waals surface area contributed by atoms with Gasteiger partial charge in [0.05, 0.1) is 0 Å². The van der Waals surface area contributed by atoms with Crippen molar-refractivity contribution < 1.29 is 9.18 Å². The Labute approximate surface area is 202 Å². The molecule has 5 atom stereocenters. The van der Waals surface area contributed by atoms with Crippen LogP contribution in [0.25, 0.3) is 0 Å². The number of carbonyl (C=O) groups is 1. The van der Waals surface area contributed by atoms with Crippen LogP contribution in [0.15, 0.2) is 48.5 Å². The molecule has 0 aromatic heterocycles. The minimum atomic E-state index is -0.220. The number of rotatable bonds is 4. The molecule has 2 heterocycles. The molecule has 3 nitrogen and oxygen atoms in total. The maximum absolute atomic E-state index is 14.0. The minimum absolute atomic E-state index is 0.00725. The maximum atomic E-state index is 14.0. The molecule has 2 aromatic carbocycles. The van der Waals surface area contributed by atoms with Gasteiger partial charge in [-0.1, -0.05) is 23.7 Å². The summed E-state index contributed by atoms with van der Waals surface area (Å²) in [5, 5.41) is 0.725. The van der Waals surface area contributed by atoms with Gasteiger partial charge in [0.1, 0.15) is 11.6 Å². The van der Waals surface area contributed by atoms with E-state index in [1.807, 2.05) is 24.3 Å². The number of halogens is 2. The fraction of sp³-hybridized carbons (Fsp3) is 0.536. The van der Waals surface area contributed by atoms with Crippen LogP contribution in [-0.2, 0) is 4.79 Å². The average Bonchev–Trinajstić information content (AvgIpc) is 3.20. The number of anilines is 1. The summed E-state index contributed by atoms with van der Waals surface area (Å²) >= 11 is 6.14. The van der Waals surface area contributed by atoms with Gasteiger partial charge in [0.2, 0.25) is 0 Å². The number of hydrogen-bond donors (Lipinski definition) is 0. The van der Waals surface area contributed by atoms with Gasteiger partial charge in [-0.05, 0) is 89.4 Å². The normalized spacial score (nSPS) is 28.8. The van der Waals surface area contributed by atoms with Crippen molar-refractivity contribution in [2.75, 3.05) is 18.0 Å². The zero-order chi connectivity index (χ0) is 23.9. The first-order chi connectivity index (χ1) is 15.5. The number of ketones is 1. The summed E-state index contributed by atoms with van der Waals surface area (Å²) in [4.78, 5) is 18.8. The molecule has 0 N–H and O–H groups in total. The van der Waals surface area contributed by atoms with Gasteiger partial charge in [0, 0.05) is 59.2 Å². The first kappa shape index (κ1) is 24.2. The van der Waals surface area contributed by atoms with E-state index >= 15 is 0 Å². The fourth-order valence-corrected chi connectivity index (χ4v) is 6.05. The first-order valence-electron chi connectivity index (χ1n) is 12.1. The van der Waals surface area contributed by atoms with Gasteiger partial charge in [0.15, 0.2) is 0 Å². The second kappa shape index (κ2) is 9.38. The first-order valence-corrected chi connectivity index (χ1v) is 12.5. The molecule has 0 bridgehead atoms. The summed E-state index contributed by atoms with van der Waals surface area (Å²) in [6.07, 6.45) is 1.67. The Bertz CT molecular complexity index is 957. The van der Waals surface area contributed by atoms with Gasteiger partial charge >= 0.3 is 0 Å². The van der Waals surface area contributed by atoms with Crippen LogP contribution < -0.4 is 4.90 Å². The van der Waals surface area contributed by atoms with E-state index in [1.165, 1.54) is 17.7 Å². The van der Waals surface area contributed by atoms with Crippen LogP contribution in [0, 0.1) is 17.7 Å². The smallest absolute Gasteiger partial charge is 0.141 e. The molecular formula is C28H36ClFN2O. The molecule has 2 saturated heterocycles. The maximum Gasteiger partial charge on any atom is 0.141 e. The van der Waals surface area contributed by atoms with E-state index in [2.05, 4.69) is 56.6 Å². The van der Waals surface area contributed by atoms with E-state index in [0.717, 1.165) is 36.6 Å². The second-order valence-corrected chi connectivity index (χ2v) is 11.4. The van der Waals surface area contributed by atoms with Gasteiger partial charge in [-0.2, -0.15) is 0 Å². The Morgan fingerprint density at radius 1 is 0.939 bits per heavy atom. The van der Waals surface area contributed by atoms with Crippen LogP contribution in [0.3, 0.4) is 0 Å². The van der Waals surface area contributed by atoms with Crippen molar-refractivity contribution in [1.29, 1.82) is 0 Å². The fourth-order valence-electron chi connectivity index (χ4n) is 5.93. The number of hydrogen-bond acceptors (Lipinski definition) is 3. The largest absolute Gasteiger partial charge is 0.366 e. The lowest BCUT2D eigenvalue weighted by Gasteiger charge is -2.44. The molecule has 2 aliphatic heterocycles. The van der Waals surface area contributed by atoms with Crippen molar-refractivity contribution in [3.05, 3.63) is 64.9 Å². The lowest BCUT2D eigenvalue weighted by atomic mass is 9.76. The van der Waals surface area contributed by atoms with Crippen molar-refractivity contribution in [2.45, 2.75) is 71.0 Å². The Morgan fingerprint density at radius 2 is 1.52 bits per heavy atom. The number of nitrogens with zero attached hydrogens (tertiary/aromatic N) is 2. The molecular weight excluding hydrogens is 435 g/mol. The predicted octanol–water partition coefficient (Wildman–Crippen LogP) is 6.56. The lowest BCUT2D eigenvalue weighted by molar-refractivity contribution is -0.128. The topological polar surface area (TPSA) is 23.6 Å². The highest BCUT2D eigenvalue weighted by atomic mass is 35.5. The second-order valence-electron chi connectivity index (χ2n) is 11.0. The van der Waals surface area contributed by atoms with Crippen molar-refractivity contribution in [3.8, 4) is 0 Å². The number of likely N-dealkylation sites (tertiary alicyclic amines) is 1. The van der Waals surface area contributed by atoms with Gasteiger partial charge in [-0.3, -0.25) is 9.69 Å². The average molecular weight is 471 g/mol. The molecule has 2 aliphatic rings. The van der Waals surface area contributed by atoms with E-state index < -0.39 is 0 Å². The molecule has 2 aromatic rings. The molecule has 2 fully saturated rings. The Hall–Kier alpha value is -1.91. The molecule has 0 spiro atoms. The number of benzene rings is 2. The molecule has 33 heavy (non-hydrogen) atoms. The molecule has 4 rings (SSSR count). The van der Waals surface area contributed by atoms with Crippen LogP contribution in [0.5, 0.6) is 0 Å². The van der Waals surface area contributed by atoms with Crippen molar-refractivity contribution in [2.24, 2.45) is 11.8 Å². The van der Waals surface area contributed by atoms with Crippen LogP contribution >= 0.6 is 11.6 Å². The molecule has 5 heteroatoms. The number of piperidine rings is 1. The minimum Gasteiger partial charge on any atom is -0.366 e. The summed E-state index contributed by atoms with van der Waals surface area (Å²) in [5.41, 5.74) is 2.25. The molecule has 0 amide bonds. The van der Waals surface area contributed by atoms with Gasteiger partial charge in [-0.15, -0.1) is 0 Å².